The molecule has 0 saturated heterocycles. The fourth-order valence-corrected chi connectivity index (χ4v) is 3.17. The molecule has 0 aromatic carbocycles. The van der Waals surface area contributed by atoms with Gasteiger partial charge in [-0.15, -0.1) is 11.8 Å². The fraction of sp³-hybridized carbons (Fsp3) is 0.846. The molecule has 4 nitrogen and oxygen atoms in total. The Morgan fingerprint density at radius 3 is 2.33 bits per heavy atom. The van der Waals surface area contributed by atoms with Crippen molar-refractivity contribution in [1.29, 1.82) is 0 Å². The normalized spacial score (nSPS) is 16.8. The second kappa shape index (κ2) is 7.67. The standard InChI is InChI=1S/C13H23NO3S/c1-10(2)14(11-6-4-3-5-7-11)12(15)8-18-9-13(16)17/h10-11H,3-9H2,1-2H3,(H,16,17). The van der Waals surface area contributed by atoms with Gasteiger partial charge in [-0.05, 0) is 26.7 Å². The maximum absolute atomic E-state index is 12.2. The van der Waals surface area contributed by atoms with E-state index in [1.54, 1.807) is 0 Å². The smallest absolute Gasteiger partial charge is 0.313 e. The van der Waals surface area contributed by atoms with E-state index in [-0.39, 0.29) is 23.5 Å². The minimum atomic E-state index is -0.860. The van der Waals surface area contributed by atoms with Crippen molar-refractivity contribution < 1.29 is 14.7 Å². The first-order valence-electron chi connectivity index (χ1n) is 6.63. The van der Waals surface area contributed by atoms with Gasteiger partial charge in [0.2, 0.25) is 5.91 Å². The number of nitrogens with zero attached hydrogens (tertiary/aromatic N) is 1. The number of hydrogen-bond donors (Lipinski definition) is 1. The van der Waals surface area contributed by atoms with E-state index in [1.807, 2.05) is 18.7 Å². The van der Waals surface area contributed by atoms with E-state index in [0.717, 1.165) is 12.8 Å². The summed E-state index contributed by atoms with van der Waals surface area (Å²) in [6.07, 6.45) is 5.85. The Hall–Kier alpha value is -0.710. The summed E-state index contributed by atoms with van der Waals surface area (Å²) >= 11 is 1.19. The SMILES string of the molecule is CC(C)N(C(=O)CSCC(=O)O)C1CCCCC1. The van der Waals surface area contributed by atoms with Gasteiger partial charge in [-0.1, -0.05) is 19.3 Å². The van der Waals surface area contributed by atoms with E-state index >= 15 is 0 Å². The summed E-state index contributed by atoms with van der Waals surface area (Å²) in [7, 11) is 0. The van der Waals surface area contributed by atoms with Crippen LogP contribution in [0.1, 0.15) is 46.0 Å². The van der Waals surface area contributed by atoms with Gasteiger partial charge in [0.15, 0.2) is 0 Å². The number of carboxylic acid groups (broad SMARTS) is 1. The predicted molar refractivity (Wildman–Crippen MR) is 73.8 cm³/mol. The monoisotopic (exact) mass is 273 g/mol. The number of carboxylic acids is 1. The largest absolute Gasteiger partial charge is 0.481 e. The van der Waals surface area contributed by atoms with Gasteiger partial charge < -0.3 is 10.0 Å². The number of aliphatic carboxylic acids is 1. The van der Waals surface area contributed by atoms with Crippen LogP contribution in [0.25, 0.3) is 0 Å². The maximum atomic E-state index is 12.2. The van der Waals surface area contributed by atoms with Crippen LogP contribution in [0.3, 0.4) is 0 Å². The Kier molecular flexibility index (Phi) is 6.54. The predicted octanol–water partition coefficient (Wildman–Crippen LogP) is 2.37. The Balaban J connectivity index is 2.49. The van der Waals surface area contributed by atoms with Crippen LogP contribution in [0.4, 0.5) is 0 Å². The van der Waals surface area contributed by atoms with E-state index in [1.165, 1.54) is 31.0 Å². The number of hydrogen-bond acceptors (Lipinski definition) is 3. The van der Waals surface area contributed by atoms with Crippen LogP contribution in [0.15, 0.2) is 0 Å². The van der Waals surface area contributed by atoms with Gasteiger partial charge in [-0.25, -0.2) is 0 Å². The molecule has 104 valence electrons. The van der Waals surface area contributed by atoms with Crippen LogP contribution in [-0.2, 0) is 9.59 Å². The number of carbonyl (C=O) groups is 2. The number of rotatable bonds is 6. The lowest BCUT2D eigenvalue weighted by atomic mass is 9.93. The molecule has 1 fully saturated rings. The van der Waals surface area contributed by atoms with Gasteiger partial charge in [-0.3, -0.25) is 9.59 Å². The summed E-state index contributed by atoms with van der Waals surface area (Å²) in [5.74, 6) is -0.492. The number of amides is 1. The van der Waals surface area contributed by atoms with Crippen LogP contribution in [0, 0.1) is 0 Å². The molecule has 5 heteroatoms. The van der Waals surface area contributed by atoms with Crippen LogP contribution in [0.2, 0.25) is 0 Å². The molecular weight excluding hydrogens is 250 g/mol. The molecule has 1 rings (SSSR count). The van der Waals surface area contributed by atoms with E-state index in [0.29, 0.717) is 6.04 Å². The lowest BCUT2D eigenvalue weighted by Gasteiger charge is -2.37. The average molecular weight is 273 g/mol. The zero-order valence-electron chi connectivity index (χ0n) is 11.2. The summed E-state index contributed by atoms with van der Waals surface area (Å²) in [4.78, 5) is 24.6. The minimum absolute atomic E-state index is 0.00232. The molecule has 0 bridgehead atoms. The second-order valence-electron chi connectivity index (χ2n) is 5.07. The quantitative estimate of drug-likeness (QED) is 0.807. The lowest BCUT2D eigenvalue weighted by Crippen LogP contribution is -2.46. The lowest BCUT2D eigenvalue weighted by molar-refractivity contribution is -0.134. The van der Waals surface area contributed by atoms with Crippen LogP contribution in [-0.4, -0.2) is 45.5 Å². The molecular formula is C13H23NO3S. The van der Waals surface area contributed by atoms with Crippen molar-refractivity contribution >= 4 is 23.6 Å². The van der Waals surface area contributed by atoms with Crippen LogP contribution >= 0.6 is 11.8 Å². The third-order valence-electron chi connectivity index (χ3n) is 3.26. The summed E-state index contributed by atoms with van der Waals surface area (Å²) in [5.41, 5.74) is 0. The molecule has 0 spiro atoms. The zero-order valence-corrected chi connectivity index (χ0v) is 12.0. The Morgan fingerprint density at radius 1 is 1.22 bits per heavy atom. The number of thioether (sulfide) groups is 1. The highest BCUT2D eigenvalue weighted by Gasteiger charge is 2.27. The first kappa shape index (κ1) is 15.3. The van der Waals surface area contributed by atoms with Gasteiger partial charge in [0.05, 0.1) is 11.5 Å². The Morgan fingerprint density at radius 2 is 1.83 bits per heavy atom. The second-order valence-corrected chi connectivity index (χ2v) is 6.06. The Bertz CT molecular complexity index is 288. The van der Waals surface area contributed by atoms with Crippen molar-refractivity contribution in [3.8, 4) is 0 Å². The van der Waals surface area contributed by atoms with Crippen molar-refractivity contribution in [2.24, 2.45) is 0 Å². The van der Waals surface area contributed by atoms with Gasteiger partial charge >= 0.3 is 5.97 Å². The van der Waals surface area contributed by atoms with Crippen LogP contribution < -0.4 is 0 Å². The van der Waals surface area contributed by atoms with E-state index in [2.05, 4.69) is 0 Å². The van der Waals surface area contributed by atoms with Crippen molar-refractivity contribution in [2.45, 2.75) is 58.0 Å². The molecule has 1 aliphatic carbocycles. The van der Waals surface area contributed by atoms with E-state index in [9.17, 15) is 9.59 Å². The molecule has 1 saturated carbocycles. The molecule has 0 heterocycles. The molecule has 18 heavy (non-hydrogen) atoms. The van der Waals surface area contributed by atoms with Gasteiger partial charge in [0.1, 0.15) is 0 Å². The third-order valence-corrected chi connectivity index (χ3v) is 4.17. The maximum Gasteiger partial charge on any atom is 0.313 e. The topological polar surface area (TPSA) is 57.6 Å². The Labute approximate surface area is 113 Å². The van der Waals surface area contributed by atoms with Crippen LogP contribution in [0.5, 0.6) is 0 Å². The van der Waals surface area contributed by atoms with Crippen molar-refractivity contribution in [1.82, 2.24) is 4.90 Å². The van der Waals surface area contributed by atoms with E-state index in [4.69, 9.17) is 5.11 Å². The molecule has 0 aromatic rings. The number of carbonyl (C=O) groups excluding carboxylic acids is 1. The van der Waals surface area contributed by atoms with Crippen molar-refractivity contribution in [2.75, 3.05) is 11.5 Å². The summed E-state index contributed by atoms with van der Waals surface area (Å²) < 4.78 is 0. The molecule has 0 aliphatic heterocycles. The minimum Gasteiger partial charge on any atom is -0.481 e. The summed E-state index contributed by atoms with van der Waals surface area (Å²) in [6, 6.07) is 0.558. The first-order chi connectivity index (χ1) is 8.52. The molecule has 1 aliphatic rings. The van der Waals surface area contributed by atoms with Gasteiger partial charge in [0.25, 0.3) is 0 Å². The van der Waals surface area contributed by atoms with E-state index < -0.39 is 5.97 Å². The highest BCUT2D eigenvalue weighted by atomic mass is 32.2. The highest BCUT2D eigenvalue weighted by Crippen LogP contribution is 2.24. The van der Waals surface area contributed by atoms with Crippen molar-refractivity contribution in [3.63, 3.8) is 0 Å². The fourth-order valence-electron chi connectivity index (χ4n) is 2.57. The summed E-state index contributed by atoms with van der Waals surface area (Å²) in [6.45, 7) is 4.07. The molecule has 1 N–H and O–H groups in total. The molecule has 0 unspecified atom stereocenters. The van der Waals surface area contributed by atoms with Gasteiger partial charge in [0, 0.05) is 12.1 Å². The summed E-state index contributed by atoms with van der Waals surface area (Å²) in [5, 5.41) is 8.58. The van der Waals surface area contributed by atoms with Crippen molar-refractivity contribution in [3.05, 3.63) is 0 Å². The average Bonchev–Trinajstić information content (AvgIpc) is 2.29. The molecule has 1 amide bonds. The third kappa shape index (κ3) is 4.88. The molecule has 0 radical (unpaired) electrons. The molecule has 0 atom stereocenters. The highest BCUT2D eigenvalue weighted by molar-refractivity contribution is 8.00. The first-order valence-corrected chi connectivity index (χ1v) is 7.78. The zero-order chi connectivity index (χ0) is 13.5. The molecule has 0 aromatic heterocycles. The van der Waals surface area contributed by atoms with Gasteiger partial charge in [-0.2, -0.15) is 0 Å².